The molecule has 8 nitrogen and oxygen atoms in total. The number of halogens is 1. The zero-order chi connectivity index (χ0) is 15.0. The van der Waals surface area contributed by atoms with E-state index in [-0.39, 0.29) is 11.9 Å². The van der Waals surface area contributed by atoms with E-state index in [1.165, 1.54) is 0 Å². The van der Waals surface area contributed by atoms with Gasteiger partial charge in [-0.3, -0.25) is 14.8 Å². The third kappa shape index (κ3) is 2.72. The molecule has 1 amide bonds. The Balaban J connectivity index is 1.78. The maximum absolute atomic E-state index is 12.1. The maximum atomic E-state index is 12.1. The van der Waals surface area contributed by atoms with Crippen molar-refractivity contribution in [3.8, 4) is 11.7 Å². The van der Waals surface area contributed by atoms with E-state index in [0.29, 0.717) is 16.1 Å². The summed E-state index contributed by atoms with van der Waals surface area (Å²) >= 11 is 3.18. The fraction of sp³-hybridized carbons (Fsp3) is 0.167. The van der Waals surface area contributed by atoms with E-state index < -0.39 is 5.91 Å². The zero-order valence-corrected chi connectivity index (χ0v) is 12.7. The van der Waals surface area contributed by atoms with Crippen molar-refractivity contribution in [3.05, 3.63) is 34.3 Å². The van der Waals surface area contributed by atoms with Crippen LogP contribution in [0.4, 0.5) is 6.01 Å². The molecule has 0 saturated heterocycles. The monoisotopic (exact) mass is 351 g/mol. The van der Waals surface area contributed by atoms with Crippen molar-refractivity contribution in [3.63, 3.8) is 0 Å². The van der Waals surface area contributed by atoms with Gasteiger partial charge in [-0.25, -0.2) is 0 Å². The first kappa shape index (κ1) is 13.6. The van der Waals surface area contributed by atoms with Gasteiger partial charge in [0.25, 0.3) is 11.8 Å². The highest BCUT2D eigenvalue weighted by Gasteiger charge is 2.18. The van der Waals surface area contributed by atoms with E-state index in [1.807, 2.05) is 0 Å². The summed E-state index contributed by atoms with van der Waals surface area (Å²) in [5.41, 5.74) is 1.06. The highest BCUT2D eigenvalue weighted by Crippen LogP contribution is 2.25. The molecule has 9 heteroatoms. The maximum Gasteiger partial charge on any atom is 0.322 e. The van der Waals surface area contributed by atoms with Crippen LogP contribution in [0.15, 0.2) is 31.8 Å². The fourth-order valence-corrected chi connectivity index (χ4v) is 2.10. The molecule has 0 spiro atoms. The molecule has 3 heterocycles. The van der Waals surface area contributed by atoms with Crippen molar-refractivity contribution >= 4 is 27.9 Å². The summed E-state index contributed by atoms with van der Waals surface area (Å²) in [7, 11) is 1.74. The average Bonchev–Trinajstić information content (AvgIpc) is 3.10. The van der Waals surface area contributed by atoms with Crippen LogP contribution in [0.25, 0.3) is 11.7 Å². The summed E-state index contributed by atoms with van der Waals surface area (Å²) in [6.07, 6.45) is 1.74. The number of nitrogens with zero attached hydrogens (tertiary/aromatic N) is 4. The van der Waals surface area contributed by atoms with Gasteiger partial charge in [0.15, 0.2) is 16.1 Å². The predicted octanol–water partition coefficient (Wildman–Crippen LogP) is 2.39. The summed E-state index contributed by atoms with van der Waals surface area (Å²) < 4.78 is 12.7. The van der Waals surface area contributed by atoms with Crippen LogP contribution in [-0.2, 0) is 7.05 Å². The standard InChI is InChI=1S/C12H10BrN5O3/c1-6-5-18(2)17-9(6)10(19)14-12-16-15-11(21-12)7-3-4-8(13)20-7/h3-5H,1-2H3,(H,14,16,19). The van der Waals surface area contributed by atoms with Gasteiger partial charge in [-0.05, 0) is 35.0 Å². The molecule has 108 valence electrons. The van der Waals surface area contributed by atoms with Crippen LogP contribution in [0.2, 0.25) is 0 Å². The van der Waals surface area contributed by atoms with Crippen molar-refractivity contribution in [2.75, 3.05) is 5.32 Å². The van der Waals surface area contributed by atoms with Gasteiger partial charge in [0, 0.05) is 18.8 Å². The number of amides is 1. The SMILES string of the molecule is Cc1cn(C)nc1C(=O)Nc1nnc(-c2ccc(Br)o2)o1. The highest BCUT2D eigenvalue weighted by molar-refractivity contribution is 9.10. The molecule has 0 unspecified atom stereocenters. The van der Waals surface area contributed by atoms with Gasteiger partial charge in [0.1, 0.15) is 0 Å². The molecule has 3 rings (SSSR count). The lowest BCUT2D eigenvalue weighted by atomic mass is 10.3. The highest BCUT2D eigenvalue weighted by atomic mass is 79.9. The first-order valence-corrected chi connectivity index (χ1v) is 6.73. The minimum atomic E-state index is -0.413. The van der Waals surface area contributed by atoms with Gasteiger partial charge < -0.3 is 8.83 Å². The summed E-state index contributed by atoms with van der Waals surface area (Å²) in [6.45, 7) is 1.79. The second-order valence-corrected chi connectivity index (χ2v) is 5.09. The summed E-state index contributed by atoms with van der Waals surface area (Å²) in [5.74, 6) is 0.168. The van der Waals surface area contributed by atoms with Gasteiger partial charge in [0.2, 0.25) is 0 Å². The van der Waals surface area contributed by atoms with E-state index in [1.54, 1.807) is 37.0 Å². The second kappa shape index (κ2) is 5.17. The quantitative estimate of drug-likeness (QED) is 0.777. The topological polar surface area (TPSA) is 99.0 Å². The summed E-state index contributed by atoms with van der Waals surface area (Å²) in [6, 6.07) is 3.36. The minimum absolute atomic E-state index is 0.0208. The van der Waals surface area contributed by atoms with Crippen molar-refractivity contribution < 1.29 is 13.6 Å². The lowest BCUT2D eigenvalue weighted by molar-refractivity contribution is 0.101. The van der Waals surface area contributed by atoms with Gasteiger partial charge in [-0.15, -0.1) is 5.10 Å². The molecule has 21 heavy (non-hydrogen) atoms. The third-order valence-corrected chi connectivity index (χ3v) is 3.08. The first-order valence-electron chi connectivity index (χ1n) is 5.94. The number of rotatable bonds is 3. The largest absolute Gasteiger partial charge is 0.444 e. The molecule has 0 fully saturated rings. The molecule has 1 N–H and O–H groups in total. The van der Waals surface area contributed by atoms with Crippen LogP contribution in [0.1, 0.15) is 16.1 Å². The van der Waals surface area contributed by atoms with Crippen molar-refractivity contribution in [2.45, 2.75) is 6.92 Å². The fourth-order valence-electron chi connectivity index (χ4n) is 1.79. The van der Waals surface area contributed by atoms with Crippen LogP contribution in [0.3, 0.4) is 0 Å². The van der Waals surface area contributed by atoms with Crippen LogP contribution >= 0.6 is 15.9 Å². The van der Waals surface area contributed by atoms with Crippen LogP contribution < -0.4 is 5.32 Å². The number of furan rings is 1. The molecule has 0 bridgehead atoms. The number of anilines is 1. The molecule has 3 aromatic heterocycles. The molecule has 0 aliphatic rings. The molecule has 0 aromatic carbocycles. The van der Waals surface area contributed by atoms with Crippen LogP contribution in [-0.4, -0.2) is 25.9 Å². The molecule has 0 radical (unpaired) electrons. The first-order chi connectivity index (χ1) is 10.0. The number of hydrogen-bond acceptors (Lipinski definition) is 6. The lowest BCUT2D eigenvalue weighted by Crippen LogP contribution is -2.14. The van der Waals surface area contributed by atoms with Crippen molar-refractivity contribution in [2.24, 2.45) is 7.05 Å². The van der Waals surface area contributed by atoms with E-state index in [0.717, 1.165) is 5.56 Å². The molecule has 3 aromatic rings. The Morgan fingerprint density at radius 1 is 1.33 bits per heavy atom. The Morgan fingerprint density at radius 2 is 2.14 bits per heavy atom. The Bertz CT molecular complexity index is 804. The van der Waals surface area contributed by atoms with Crippen molar-refractivity contribution in [1.29, 1.82) is 0 Å². The Labute approximate surface area is 127 Å². The van der Waals surface area contributed by atoms with Crippen molar-refractivity contribution in [1.82, 2.24) is 20.0 Å². The summed E-state index contributed by atoms with van der Waals surface area (Å²) in [4.78, 5) is 12.1. The van der Waals surface area contributed by atoms with Gasteiger partial charge in [-0.2, -0.15) is 5.10 Å². The van der Waals surface area contributed by atoms with Crippen LogP contribution in [0.5, 0.6) is 0 Å². The Hall–Kier alpha value is -2.42. The number of hydrogen-bond donors (Lipinski definition) is 1. The predicted molar refractivity (Wildman–Crippen MR) is 75.6 cm³/mol. The van der Waals surface area contributed by atoms with Gasteiger partial charge in [-0.1, -0.05) is 5.10 Å². The van der Waals surface area contributed by atoms with E-state index in [9.17, 15) is 4.79 Å². The average molecular weight is 352 g/mol. The summed E-state index contributed by atoms with van der Waals surface area (Å²) in [5, 5.41) is 14.1. The third-order valence-electron chi connectivity index (χ3n) is 2.66. The van der Waals surface area contributed by atoms with E-state index in [2.05, 4.69) is 36.5 Å². The molecule has 0 aliphatic carbocycles. The van der Waals surface area contributed by atoms with Gasteiger partial charge >= 0.3 is 6.01 Å². The van der Waals surface area contributed by atoms with Gasteiger partial charge in [0.05, 0.1) is 0 Å². The van der Waals surface area contributed by atoms with E-state index >= 15 is 0 Å². The molecular weight excluding hydrogens is 342 g/mol. The molecule has 0 saturated carbocycles. The number of aromatic nitrogens is 4. The lowest BCUT2D eigenvalue weighted by Gasteiger charge is -1.97. The molecular formula is C12H10BrN5O3. The number of carbonyl (C=O) groups excluding carboxylic acids is 1. The number of carbonyl (C=O) groups is 1. The normalized spacial score (nSPS) is 10.8. The zero-order valence-electron chi connectivity index (χ0n) is 11.1. The van der Waals surface area contributed by atoms with E-state index in [4.69, 9.17) is 8.83 Å². The molecule has 0 aliphatic heterocycles. The Kier molecular flexibility index (Phi) is 3.34. The Morgan fingerprint density at radius 3 is 2.76 bits per heavy atom. The molecule has 0 atom stereocenters. The number of nitrogens with one attached hydrogen (secondary N) is 1. The number of aryl methyl sites for hydroxylation is 2. The van der Waals surface area contributed by atoms with Crippen LogP contribution in [0, 0.1) is 6.92 Å². The minimum Gasteiger partial charge on any atom is -0.444 e. The smallest absolute Gasteiger partial charge is 0.322 e. The second-order valence-electron chi connectivity index (χ2n) is 4.30.